The number of aromatic nitrogens is 1. The number of rotatable bonds is 3. The number of para-hydroxylation sites is 1. The van der Waals surface area contributed by atoms with E-state index in [1.54, 1.807) is 19.2 Å². The summed E-state index contributed by atoms with van der Waals surface area (Å²) in [6.45, 7) is 0. The Hall–Kier alpha value is -2.30. The third kappa shape index (κ3) is 2.20. The van der Waals surface area contributed by atoms with Crippen LogP contribution in [0.25, 0.3) is 0 Å². The Labute approximate surface area is 92.5 Å². The largest absolute Gasteiger partial charge is 0.439 e. The lowest BCUT2D eigenvalue weighted by Crippen LogP contribution is -2.12. The standard InChI is InChI=1S/C11H11N3O2/c1-12-9-7-16-11(14-9)10(15)13-8-5-3-2-4-6-8/h2-7,12H,1H3,(H,13,15). The molecule has 2 aromatic rings. The van der Waals surface area contributed by atoms with E-state index < -0.39 is 0 Å². The second-order valence-corrected chi connectivity index (χ2v) is 3.11. The van der Waals surface area contributed by atoms with Gasteiger partial charge in [0, 0.05) is 12.7 Å². The predicted molar refractivity (Wildman–Crippen MR) is 60.4 cm³/mol. The molecule has 0 saturated heterocycles. The third-order valence-corrected chi connectivity index (χ3v) is 1.99. The number of oxazole rings is 1. The second-order valence-electron chi connectivity index (χ2n) is 3.11. The summed E-state index contributed by atoms with van der Waals surface area (Å²) in [4.78, 5) is 15.6. The number of hydrogen-bond acceptors (Lipinski definition) is 4. The van der Waals surface area contributed by atoms with Crippen LogP contribution < -0.4 is 10.6 Å². The Bertz CT molecular complexity index is 479. The van der Waals surface area contributed by atoms with E-state index in [1.165, 1.54) is 6.26 Å². The molecule has 1 aromatic heterocycles. The Morgan fingerprint density at radius 2 is 2.06 bits per heavy atom. The molecule has 1 amide bonds. The molecule has 5 heteroatoms. The van der Waals surface area contributed by atoms with E-state index in [9.17, 15) is 4.79 Å². The lowest BCUT2D eigenvalue weighted by atomic mass is 10.3. The summed E-state index contributed by atoms with van der Waals surface area (Å²) in [5.74, 6) is 0.194. The maximum atomic E-state index is 11.6. The summed E-state index contributed by atoms with van der Waals surface area (Å²) in [7, 11) is 1.71. The van der Waals surface area contributed by atoms with Crippen molar-refractivity contribution in [1.29, 1.82) is 0 Å². The highest BCUT2D eigenvalue weighted by atomic mass is 16.4. The molecule has 1 aromatic carbocycles. The zero-order valence-corrected chi connectivity index (χ0v) is 8.73. The van der Waals surface area contributed by atoms with Crippen LogP contribution in [0.1, 0.15) is 10.7 Å². The minimum Gasteiger partial charge on any atom is -0.439 e. The van der Waals surface area contributed by atoms with Gasteiger partial charge in [-0.25, -0.2) is 0 Å². The lowest BCUT2D eigenvalue weighted by molar-refractivity contribution is 0.0990. The number of hydrogen-bond donors (Lipinski definition) is 2. The van der Waals surface area contributed by atoms with Crippen LogP contribution in [0.5, 0.6) is 0 Å². The summed E-state index contributed by atoms with van der Waals surface area (Å²) in [5.41, 5.74) is 0.705. The van der Waals surface area contributed by atoms with Gasteiger partial charge in [-0.05, 0) is 12.1 Å². The first-order valence-electron chi connectivity index (χ1n) is 4.79. The van der Waals surface area contributed by atoms with Crippen LogP contribution in [-0.2, 0) is 0 Å². The van der Waals surface area contributed by atoms with Crippen LogP contribution in [0.3, 0.4) is 0 Å². The molecular weight excluding hydrogens is 206 g/mol. The van der Waals surface area contributed by atoms with Crippen molar-refractivity contribution < 1.29 is 9.21 Å². The molecule has 0 spiro atoms. The van der Waals surface area contributed by atoms with Gasteiger partial charge in [0.1, 0.15) is 6.26 Å². The van der Waals surface area contributed by atoms with Crippen molar-refractivity contribution in [3.05, 3.63) is 42.5 Å². The Kier molecular flexibility index (Phi) is 2.86. The second kappa shape index (κ2) is 4.48. The van der Waals surface area contributed by atoms with E-state index in [0.717, 1.165) is 0 Å². The maximum Gasteiger partial charge on any atom is 0.311 e. The number of amides is 1. The molecule has 0 bridgehead atoms. The fraction of sp³-hybridized carbons (Fsp3) is 0.0909. The molecule has 0 aliphatic heterocycles. The van der Waals surface area contributed by atoms with Crippen LogP contribution >= 0.6 is 0 Å². The maximum absolute atomic E-state index is 11.6. The molecule has 0 atom stereocenters. The van der Waals surface area contributed by atoms with Crippen molar-refractivity contribution in [3.8, 4) is 0 Å². The summed E-state index contributed by atoms with van der Waals surface area (Å²) >= 11 is 0. The molecule has 2 N–H and O–H groups in total. The lowest BCUT2D eigenvalue weighted by Gasteiger charge is -2.00. The Morgan fingerprint density at radius 3 is 2.69 bits per heavy atom. The molecule has 0 aliphatic rings. The fourth-order valence-electron chi connectivity index (χ4n) is 1.20. The molecule has 82 valence electrons. The smallest absolute Gasteiger partial charge is 0.311 e. The molecule has 0 radical (unpaired) electrons. The molecule has 16 heavy (non-hydrogen) atoms. The van der Waals surface area contributed by atoms with E-state index in [0.29, 0.717) is 11.5 Å². The minimum absolute atomic E-state index is 0.0354. The van der Waals surface area contributed by atoms with Crippen LogP contribution in [0.4, 0.5) is 11.5 Å². The molecule has 0 unspecified atom stereocenters. The SMILES string of the molecule is CNc1coc(C(=O)Nc2ccccc2)n1. The van der Waals surface area contributed by atoms with Gasteiger partial charge in [0.15, 0.2) is 5.82 Å². The van der Waals surface area contributed by atoms with Crippen LogP contribution in [0, 0.1) is 0 Å². The summed E-state index contributed by atoms with van der Waals surface area (Å²) < 4.78 is 5.00. The molecule has 5 nitrogen and oxygen atoms in total. The zero-order chi connectivity index (χ0) is 11.4. The normalized spacial score (nSPS) is 9.81. The molecule has 0 saturated carbocycles. The first-order valence-corrected chi connectivity index (χ1v) is 4.79. The van der Waals surface area contributed by atoms with E-state index in [4.69, 9.17) is 4.42 Å². The van der Waals surface area contributed by atoms with Crippen molar-refractivity contribution in [3.63, 3.8) is 0 Å². The third-order valence-electron chi connectivity index (χ3n) is 1.99. The number of benzene rings is 1. The summed E-state index contributed by atoms with van der Waals surface area (Å²) in [6, 6.07) is 9.13. The highest BCUT2D eigenvalue weighted by molar-refractivity contribution is 6.01. The van der Waals surface area contributed by atoms with E-state index in [2.05, 4.69) is 15.6 Å². The summed E-state index contributed by atoms with van der Waals surface area (Å²) in [5, 5.41) is 5.45. The molecule has 2 rings (SSSR count). The summed E-state index contributed by atoms with van der Waals surface area (Å²) in [6.07, 6.45) is 1.39. The van der Waals surface area contributed by atoms with Crippen molar-refractivity contribution >= 4 is 17.4 Å². The van der Waals surface area contributed by atoms with Crippen LogP contribution in [-0.4, -0.2) is 17.9 Å². The van der Waals surface area contributed by atoms with Crippen molar-refractivity contribution in [2.45, 2.75) is 0 Å². The van der Waals surface area contributed by atoms with Gasteiger partial charge in [0.2, 0.25) is 0 Å². The van der Waals surface area contributed by atoms with Gasteiger partial charge in [-0.15, -0.1) is 0 Å². The zero-order valence-electron chi connectivity index (χ0n) is 8.73. The van der Waals surface area contributed by atoms with Gasteiger partial charge in [-0.2, -0.15) is 4.98 Å². The predicted octanol–water partition coefficient (Wildman–Crippen LogP) is 1.97. The number of carbonyl (C=O) groups excluding carboxylic acids is 1. The average molecular weight is 217 g/mol. The molecule has 0 fully saturated rings. The Morgan fingerprint density at radius 1 is 1.31 bits per heavy atom. The molecular formula is C11H11N3O2. The number of carbonyl (C=O) groups is 1. The van der Waals surface area contributed by atoms with Gasteiger partial charge < -0.3 is 15.1 Å². The monoisotopic (exact) mass is 217 g/mol. The fourth-order valence-corrected chi connectivity index (χ4v) is 1.20. The molecule has 0 aliphatic carbocycles. The van der Waals surface area contributed by atoms with Gasteiger partial charge in [-0.3, -0.25) is 4.79 Å². The quantitative estimate of drug-likeness (QED) is 0.824. The van der Waals surface area contributed by atoms with Crippen molar-refractivity contribution in [2.75, 3.05) is 17.7 Å². The first-order chi connectivity index (χ1) is 7.79. The van der Waals surface area contributed by atoms with E-state index >= 15 is 0 Å². The van der Waals surface area contributed by atoms with Gasteiger partial charge in [-0.1, -0.05) is 18.2 Å². The Balaban J connectivity index is 2.09. The van der Waals surface area contributed by atoms with Gasteiger partial charge in [0.25, 0.3) is 5.89 Å². The minimum atomic E-state index is -0.368. The number of nitrogens with zero attached hydrogens (tertiary/aromatic N) is 1. The topological polar surface area (TPSA) is 67.2 Å². The molecule has 1 heterocycles. The van der Waals surface area contributed by atoms with E-state index in [1.807, 2.05) is 18.2 Å². The van der Waals surface area contributed by atoms with Crippen molar-refractivity contribution in [1.82, 2.24) is 4.98 Å². The highest BCUT2D eigenvalue weighted by Crippen LogP contribution is 2.10. The highest BCUT2D eigenvalue weighted by Gasteiger charge is 2.12. The van der Waals surface area contributed by atoms with Crippen LogP contribution in [0.15, 0.2) is 41.0 Å². The van der Waals surface area contributed by atoms with Crippen molar-refractivity contribution in [2.24, 2.45) is 0 Å². The van der Waals surface area contributed by atoms with Crippen LogP contribution in [0.2, 0.25) is 0 Å². The van der Waals surface area contributed by atoms with E-state index in [-0.39, 0.29) is 11.8 Å². The van der Waals surface area contributed by atoms with Gasteiger partial charge in [0.05, 0.1) is 0 Å². The average Bonchev–Trinajstić information content (AvgIpc) is 2.79. The van der Waals surface area contributed by atoms with Gasteiger partial charge >= 0.3 is 5.91 Å². The first kappa shape index (κ1) is 10.2. The number of nitrogens with one attached hydrogen (secondary N) is 2. The number of anilines is 2.